The molecule has 0 saturated heterocycles. The van der Waals surface area contributed by atoms with Crippen LogP contribution < -0.4 is 9.64 Å². The summed E-state index contributed by atoms with van der Waals surface area (Å²) in [4.78, 5) is 2.25. The smallest absolute Gasteiger partial charge is 0.142 e. The van der Waals surface area contributed by atoms with Crippen LogP contribution in [0.2, 0.25) is 0 Å². The molecular weight excluding hydrogens is 190 g/mol. The van der Waals surface area contributed by atoms with Crippen molar-refractivity contribution >= 4 is 5.69 Å². The Morgan fingerprint density at radius 1 is 1.47 bits per heavy atom. The van der Waals surface area contributed by atoms with E-state index in [2.05, 4.69) is 24.8 Å². The number of rotatable bonds is 2. The molecule has 1 aromatic rings. The summed E-state index contributed by atoms with van der Waals surface area (Å²) in [6, 6.07) is 8.42. The fraction of sp³-hybridized carbons (Fsp3) is 0.500. The number of methoxy groups -OCH3 is 1. The van der Waals surface area contributed by atoms with Gasteiger partial charge in [-0.25, -0.2) is 0 Å². The first kappa shape index (κ1) is 10.3. The minimum atomic E-state index is 0.0741. The second-order valence-corrected chi connectivity index (χ2v) is 3.87. The zero-order valence-electron chi connectivity index (χ0n) is 9.43. The van der Waals surface area contributed by atoms with Crippen molar-refractivity contribution in [3.05, 3.63) is 24.3 Å². The van der Waals surface area contributed by atoms with Crippen molar-refractivity contribution < 1.29 is 9.47 Å². The average Bonchev–Trinajstić information content (AvgIpc) is 2.28. The van der Waals surface area contributed by atoms with Crippen molar-refractivity contribution in [3.8, 4) is 5.75 Å². The maximum Gasteiger partial charge on any atom is 0.142 e. The fourth-order valence-corrected chi connectivity index (χ4v) is 1.99. The third-order valence-corrected chi connectivity index (χ3v) is 2.83. The molecule has 82 valence electrons. The highest BCUT2D eigenvalue weighted by Crippen LogP contribution is 2.34. The second kappa shape index (κ2) is 4.11. The van der Waals surface area contributed by atoms with E-state index in [0.29, 0.717) is 12.6 Å². The van der Waals surface area contributed by atoms with Crippen molar-refractivity contribution in [2.75, 3.05) is 18.6 Å². The maximum atomic E-state index is 5.66. The quantitative estimate of drug-likeness (QED) is 0.742. The molecule has 2 atom stereocenters. The van der Waals surface area contributed by atoms with E-state index in [1.807, 2.05) is 18.2 Å². The summed E-state index contributed by atoms with van der Waals surface area (Å²) in [6.07, 6.45) is 0.0741. The summed E-state index contributed by atoms with van der Waals surface area (Å²) in [6.45, 7) is 4.91. The molecule has 15 heavy (non-hydrogen) atoms. The Bertz CT molecular complexity index is 340. The third kappa shape index (κ3) is 1.79. The van der Waals surface area contributed by atoms with Crippen LogP contribution in [0.1, 0.15) is 13.8 Å². The Balaban J connectivity index is 2.37. The van der Waals surface area contributed by atoms with Crippen molar-refractivity contribution in [3.63, 3.8) is 0 Å². The zero-order valence-corrected chi connectivity index (χ0v) is 9.43. The minimum absolute atomic E-state index is 0.0741. The molecular formula is C12H17NO2. The Morgan fingerprint density at radius 3 is 2.93 bits per heavy atom. The molecule has 0 bridgehead atoms. The molecule has 0 radical (unpaired) electrons. The van der Waals surface area contributed by atoms with Crippen molar-refractivity contribution in [1.29, 1.82) is 0 Å². The average molecular weight is 207 g/mol. The Kier molecular flexibility index (Phi) is 2.82. The van der Waals surface area contributed by atoms with Gasteiger partial charge >= 0.3 is 0 Å². The number of hydrogen-bond acceptors (Lipinski definition) is 3. The molecule has 1 aromatic carbocycles. The standard InChI is InChI=1S/C12H17NO2/c1-9-8-15-12-7-5-4-6-11(12)13(9)10(2)14-3/h4-7,9-10H,8H2,1-3H3. The molecule has 1 aliphatic rings. The van der Waals surface area contributed by atoms with Gasteiger partial charge in [-0.2, -0.15) is 0 Å². The lowest BCUT2D eigenvalue weighted by atomic mass is 10.1. The van der Waals surface area contributed by atoms with Crippen molar-refractivity contribution in [2.45, 2.75) is 26.1 Å². The van der Waals surface area contributed by atoms with Gasteiger partial charge < -0.3 is 14.4 Å². The Morgan fingerprint density at radius 2 is 2.20 bits per heavy atom. The lowest BCUT2D eigenvalue weighted by Crippen LogP contribution is -2.47. The molecule has 0 fully saturated rings. The maximum absolute atomic E-state index is 5.66. The monoisotopic (exact) mass is 207 g/mol. The van der Waals surface area contributed by atoms with E-state index in [1.165, 1.54) is 0 Å². The van der Waals surface area contributed by atoms with Gasteiger partial charge in [-0.3, -0.25) is 0 Å². The SMILES string of the molecule is COC(C)N1c2ccccc2OCC1C. The molecule has 3 nitrogen and oxygen atoms in total. The number of benzene rings is 1. The van der Waals surface area contributed by atoms with Gasteiger partial charge in [-0.05, 0) is 26.0 Å². The highest BCUT2D eigenvalue weighted by atomic mass is 16.5. The van der Waals surface area contributed by atoms with Crippen LogP contribution in [0, 0.1) is 0 Å². The van der Waals surface area contributed by atoms with E-state index in [0.717, 1.165) is 11.4 Å². The molecule has 0 amide bonds. The summed E-state index contributed by atoms with van der Waals surface area (Å²) < 4.78 is 11.1. The molecule has 0 spiro atoms. The molecule has 0 aromatic heterocycles. The van der Waals surface area contributed by atoms with Gasteiger partial charge in [0.1, 0.15) is 18.6 Å². The van der Waals surface area contributed by atoms with Crippen molar-refractivity contribution in [1.82, 2.24) is 0 Å². The van der Waals surface area contributed by atoms with Crippen LogP contribution in [0.25, 0.3) is 0 Å². The third-order valence-electron chi connectivity index (χ3n) is 2.83. The number of ether oxygens (including phenoxy) is 2. The molecule has 2 rings (SSSR count). The molecule has 0 saturated carbocycles. The summed E-state index contributed by atoms with van der Waals surface area (Å²) >= 11 is 0. The number of hydrogen-bond donors (Lipinski definition) is 0. The van der Waals surface area contributed by atoms with Crippen LogP contribution in [-0.2, 0) is 4.74 Å². The largest absolute Gasteiger partial charge is 0.489 e. The van der Waals surface area contributed by atoms with Gasteiger partial charge in [-0.1, -0.05) is 12.1 Å². The highest BCUT2D eigenvalue weighted by Gasteiger charge is 2.27. The lowest BCUT2D eigenvalue weighted by molar-refractivity contribution is 0.0955. The first-order valence-electron chi connectivity index (χ1n) is 5.27. The second-order valence-electron chi connectivity index (χ2n) is 3.87. The molecule has 3 heteroatoms. The molecule has 1 aliphatic heterocycles. The van der Waals surface area contributed by atoms with Crippen LogP contribution in [0.4, 0.5) is 5.69 Å². The Hall–Kier alpha value is -1.22. The Labute approximate surface area is 90.6 Å². The predicted octanol–water partition coefficient (Wildman–Crippen LogP) is 2.27. The summed E-state index contributed by atoms with van der Waals surface area (Å²) in [5.41, 5.74) is 1.12. The van der Waals surface area contributed by atoms with E-state index in [-0.39, 0.29) is 6.23 Å². The first-order valence-corrected chi connectivity index (χ1v) is 5.27. The lowest BCUT2D eigenvalue weighted by Gasteiger charge is -2.39. The fourth-order valence-electron chi connectivity index (χ4n) is 1.99. The van der Waals surface area contributed by atoms with Crippen LogP contribution in [0.3, 0.4) is 0 Å². The predicted molar refractivity (Wildman–Crippen MR) is 60.3 cm³/mol. The molecule has 2 unspecified atom stereocenters. The summed E-state index contributed by atoms with van der Waals surface area (Å²) in [5.74, 6) is 0.944. The minimum Gasteiger partial charge on any atom is -0.489 e. The summed E-state index contributed by atoms with van der Waals surface area (Å²) in [7, 11) is 1.73. The van der Waals surface area contributed by atoms with Gasteiger partial charge in [-0.15, -0.1) is 0 Å². The normalized spacial score (nSPS) is 21.8. The zero-order chi connectivity index (χ0) is 10.8. The van der Waals surface area contributed by atoms with Gasteiger partial charge in [0.15, 0.2) is 0 Å². The molecule has 0 N–H and O–H groups in total. The molecule has 1 heterocycles. The van der Waals surface area contributed by atoms with Crippen molar-refractivity contribution in [2.24, 2.45) is 0 Å². The number of fused-ring (bicyclic) bond motifs is 1. The number of para-hydroxylation sites is 2. The van der Waals surface area contributed by atoms with Gasteiger partial charge in [0, 0.05) is 7.11 Å². The molecule has 0 aliphatic carbocycles. The van der Waals surface area contributed by atoms with E-state index in [1.54, 1.807) is 7.11 Å². The number of anilines is 1. The van der Waals surface area contributed by atoms with E-state index in [9.17, 15) is 0 Å². The highest BCUT2D eigenvalue weighted by molar-refractivity contribution is 5.60. The summed E-state index contributed by atoms with van der Waals surface area (Å²) in [5, 5.41) is 0. The van der Waals surface area contributed by atoms with E-state index < -0.39 is 0 Å². The topological polar surface area (TPSA) is 21.7 Å². The van der Waals surface area contributed by atoms with E-state index >= 15 is 0 Å². The van der Waals surface area contributed by atoms with Gasteiger partial charge in [0.05, 0.1) is 11.7 Å². The van der Waals surface area contributed by atoms with E-state index in [4.69, 9.17) is 9.47 Å². The van der Waals surface area contributed by atoms with Gasteiger partial charge in [0.2, 0.25) is 0 Å². The van der Waals surface area contributed by atoms with Crippen LogP contribution >= 0.6 is 0 Å². The van der Waals surface area contributed by atoms with Crippen LogP contribution in [-0.4, -0.2) is 26.0 Å². The van der Waals surface area contributed by atoms with Gasteiger partial charge in [0.25, 0.3) is 0 Å². The van der Waals surface area contributed by atoms with Crippen LogP contribution in [0.5, 0.6) is 5.75 Å². The first-order chi connectivity index (χ1) is 7.24. The number of nitrogens with zero attached hydrogens (tertiary/aromatic N) is 1. The van der Waals surface area contributed by atoms with Crippen LogP contribution in [0.15, 0.2) is 24.3 Å².